The quantitative estimate of drug-likeness (QED) is 0.473. The van der Waals surface area contributed by atoms with E-state index in [1.807, 2.05) is 0 Å². The fourth-order valence-corrected chi connectivity index (χ4v) is 0. The van der Waals surface area contributed by atoms with Gasteiger partial charge in [-0.3, -0.25) is 4.57 Å². The Kier molecular flexibility index (Phi) is 16.5. The molecule has 0 aliphatic rings. The first-order chi connectivity index (χ1) is 3.00. The molecule has 0 aromatic heterocycles. The Labute approximate surface area is 73.3 Å². The summed E-state index contributed by atoms with van der Waals surface area (Å²) in [6.45, 7) is 0.854. The summed E-state index contributed by atoms with van der Waals surface area (Å²) < 4.78 is 9.33. The second-order valence-electron chi connectivity index (χ2n) is 0.835. The van der Waals surface area contributed by atoms with E-state index in [-0.39, 0.29) is 32.7 Å². The number of hydrogen-bond donors (Lipinski definition) is 3. The van der Waals surface area contributed by atoms with Crippen LogP contribution in [0.1, 0.15) is 0 Å². The predicted molar refractivity (Wildman–Crippen MR) is 26.1 cm³/mol. The van der Waals surface area contributed by atoms with Crippen LogP contribution in [0.25, 0.3) is 0 Å². The van der Waals surface area contributed by atoms with Crippen LogP contribution in [0.4, 0.5) is 0 Å². The standard InChI is InChI=1S/CH5O3P.CH4O.Y/c1-5(2,3)4;1-2;/h1H3,(H2,2,3,4);2H,1H3;. The molecule has 0 saturated heterocycles. The summed E-state index contributed by atoms with van der Waals surface area (Å²) in [5.41, 5.74) is 0. The molecule has 0 aromatic rings. The first kappa shape index (κ1) is 16.1. The van der Waals surface area contributed by atoms with Crippen molar-refractivity contribution < 1.29 is 52.2 Å². The maximum absolute atomic E-state index is 9.33. The smallest absolute Gasteiger partial charge is 0.322 e. The number of rotatable bonds is 0. The summed E-state index contributed by atoms with van der Waals surface area (Å²) >= 11 is 0. The van der Waals surface area contributed by atoms with Gasteiger partial charge in [-0.05, 0) is 0 Å². The van der Waals surface area contributed by atoms with Gasteiger partial charge < -0.3 is 14.9 Å². The summed E-state index contributed by atoms with van der Waals surface area (Å²) in [4.78, 5) is 15.3. The van der Waals surface area contributed by atoms with Gasteiger partial charge in [0.1, 0.15) is 0 Å². The van der Waals surface area contributed by atoms with E-state index in [1.165, 1.54) is 0 Å². The second-order valence-corrected chi connectivity index (χ2v) is 2.51. The summed E-state index contributed by atoms with van der Waals surface area (Å²) in [5.74, 6) is 0. The topological polar surface area (TPSA) is 77.8 Å². The molecule has 0 aromatic carbocycles. The Bertz CT molecular complexity index is 60.2. The van der Waals surface area contributed by atoms with Crippen LogP contribution in [0.3, 0.4) is 0 Å². The van der Waals surface area contributed by atoms with E-state index in [0.717, 1.165) is 13.8 Å². The van der Waals surface area contributed by atoms with Crippen molar-refractivity contribution in [1.82, 2.24) is 0 Å². The van der Waals surface area contributed by atoms with Gasteiger partial charge in [0, 0.05) is 46.5 Å². The molecule has 49 valence electrons. The molecule has 0 fully saturated rings. The van der Waals surface area contributed by atoms with Gasteiger partial charge in [-0.15, -0.1) is 0 Å². The van der Waals surface area contributed by atoms with Crippen molar-refractivity contribution in [3.63, 3.8) is 0 Å². The normalized spacial score (nSPS) is 8.12. The summed E-state index contributed by atoms with van der Waals surface area (Å²) in [6, 6.07) is 0. The number of aliphatic hydroxyl groups is 1. The van der Waals surface area contributed by atoms with Gasteiger partial charge in [0.25, 0.3) is 0 Å². The van der Waals surface area contributed by atoms with E-state index >= 15 is 0 Å². The molecule has 0 aliphatic carbocycles. The average Bonchev–Trinajstić information content (AvgIpc) is 1.36. The zero-order chi connectivity index (χ0) is 6.50. The molecule has 0 heterocycles. The van der Waals surface area contributed by atoms with Gasteiger partial charge in [0.2, 0.25) is 0 Å². The minimum Gasteiger partial charge on any atom is -0.400 e. The van der Waals surface area contributed by atoms with Crippen molar-refractivity contribution >= 4 is 7.60 Å². The van der Waals surface area contributed by atoms with Gasteiger partial charge in [-0.25, -0.2) is 0 Å². The van der Waals surface area contributed by atoms with Gasteiger partial charge in [-0.1, -0.05) is 0 Å². The van der Waals surface area contributed by atoms with Gasteiger partial charge in [-0.2, -0.15) is 0 Å². The van der Waals surface area contributed by atoms with E-state index in [2.05, 4.69) is 0 Å². The summed E-state index contributed by atoms with van der Waals surface area (Å²) in [7, 11) is -2.64. The molecule has 0 saturated carbocycles. The Hall–Kier alpha value is 1.21. The fourth-order valence-electron chi connectivity index (χ4n) is 0. The van der Waals surface area contributed by atoms with Crippen molar-refractivity contribution in [2.75, 3.05) is 13.8 Å². The Morgan fingerprint density at radius 2 is 1.25 bits per heavy atom. The Balaban J connectivity index is -0.0000000750. The molecule has 0 rings (SSSR count). The molecule has 1 radical (unpaired) electrons. The zero-order valence-corrected chi connectivity index (χ0v) is 8.51. The Morgan fingerprint density at radius 1 is 1.25 bits per heavy atom. The van der Waals surface area contributed by atoms with Gasteiger partial charge in [0.05, 0.1) is 0 Å². The first-order valence-corrected chi connectivity index (χ1v) is 3.54. The van der Waals surface area contributed by atoms with Crippen LogP contribution in [0, 0.1) is 0 Å². The SMILES string of the molecule is CO.CP(=O)(O)O.[Y]. The fraction of sp³-hybridized carbons (Fsp3) is 1.00. The zero-order valence-electron chi connectivity index (χ0n) is 4.77. The van der Waals surface area contributed by atoms with E-state index in [4.69, 9.17) is 14.9 Å². The number of aliphatic hydroxyl groups excluding tert-OH is 1. The largest absolute Gasteiger partial charge is 0.400 e. The van der Waals surface area contributed by atoms with E-state index in [1.54, 1.807) is 0 Å². The van der Waals surface area contributed by atoms with Crippen molar-refractivity contribution in [3.05, 3.63) is 0 Å². The van der Waals surface area contributed by atoms with Crippen molar-refractivity contribution in [1.29, 1.82) is 0 Å². The van der Waals surface area contributed by atoms with Crippen LogP contribution in [0.2, 0.25) is 0 Å². The predicted octanol–water partition coefficient (Wildman–Crippen LogP) is -0.600. The molecular weight excluding hydrogens is 208 g/mol. The molecule has 0 spiro atoms. The van der Waals surface area contributed by atoms with Crippen LogP contribution < -0.4 is 0 Å². The molecule has 0 amide bonds. The third-order valence-electron chi connectivity index (χ3n) is 0. The van der Waals surface area contributed by atoms with E-state index in [9.17, 15) is 4.57 Å². The minimum atomic E-state index is -3.64. The molecule has 0 aliphatic heterocycles. The number of hydrogen-bond acceptors (Lipinski definition) is 2. The maximum atomic E-state index is 9.33. The molecule has 6 heteroatoms. The molecule has 0 bridgehead atoms. The molecule has 0 unspecified atom stereocenters. The molecular formula is C2H9O4PY. The monoisotopic (exact) mass is 217 g/mol. The van der Waals surface area contributed by atoms with Crippen LogP contribution in [-0.4, -0.2) is 28.7 Å². The first-order valence-electron chi connectivity index (χ1n) is 1.48. The molecule has 8 heavy (non-hydrogen) atoms. The second kappa shape index (κ2) is 8.21. The van der Waals surface area contributed by atoms with Crippen molar-refractivity contribution in [2.24, 2.45) is 0 Å². The van der Waals surface area contributed by atoms with Gasteiger partial charge >= 0.3 is 7.60 Å². The summed E-state index contributed by atoms with van der Waals surface area (Å²) in [5, 5.41) is 7.00. The third-order valence-corrected chi connectivity index (χ3v) is 0. The van der Waals surface area contributed by atoms with E-state index in [0.29, 0.717) is 0 Å². The van der Waals surface area contributed by atoms with Crippen LogP contribution in [0.15, 0.2) is 0 Å². The maximum Gasteiger partial charge on any atom is 0.322 e. The van der Waals surface area contributed by atoms with Crippen molar-refractivity contribution in [2.45, 2.75) is 0 Å². The minimum absolute atomic E-state index is 0. The van der Waals surface area contributed by atoms with Crippen LogP contribution in [-0.2, 0) is 37.3 Å². The van der Waals surface area contributed by atoms with Crippen LogP contribution in [0.5, 0.6) is 0 Å². The molecule has 0 atom stereocenters. The summed E-state index contributed by atoms with van der Waals surface area (Å²) in [6.07, 6.45) is 0. The Morgan fingerprint density at radius 3 is 1.25 bits per heavy atom. The van der Waals surface area contributed by atoms with Gasteiger partial charge in [0.15, 0.2) is 0 Å². The van der Waals surface area contributed by atoms with Crippen LogP contribution >= 0.6 is 7.60 Å². The third kappa shape index (κ3) is 189. The molecule has 3 N–H and O–H groups in total. The average molecular weight is 217 g/mol. The molecule has 4 nitrogen and oxygen atoms in total. The van der Waals surface area contributed by atoms with Crippen molar-refractivity contribution in [3.8, 4) is 0 Å². The van der Waals surface area contributed by atoms with E-state index < -0.39 is 7.60 Å².